The molecule has 0 radical (unpaired) electrons. The standard InChI is InChI=1S/C24H48N2O7/c1-7-8-9-10-11-12-13-15-22(27)32-19-21(31-6)23(20(30-5)18-29-4)33-24(28)25-16-14-17-26(2)3/h20-21,23H,7-19H2,1-6H3,(H,25,28). The van der Waals surface area contributed by atoms with Crippen molar-refractivity contribution >= 4 is 12.1 Å². The van der Waals surface area contributed by atoms with Crippen LogP contribution in [0.2, 0.25) is 0 Å². The van der Waals surface area contributed by atoms with Crippen molar-refractivity contribution in [1.82, 2.24) is 10.2 Å². The van der Waals surface area contributed by atoms with Gasteiger partial charge in [0.15, 0.2) is 6.10 Å². The summed E-state index contributed by atoms with van der Waals surface area (Å²) >= 11 is 0. The number of ether oxygens (including phenoxy) is 5. The maximum absolute atomic E-state index is 12.3. The van der Waals surface area contributed by atoms with Gasteiger partial charge in [-0.2, -0.15) is 0 Å². The molecule has 0 spiro atoms. The first-order valence-electron chi connectivity index (χ1n) is 12.2. The summed E-state index contributed by atoms with van der Waals surface area (Å²) < 4.78 is 27.2. The minimum absolute atomic E-state index is 0.0337. The molecule has 0 aliphatic rings. The van der Waals surface area contributed by atoms with Crippen LogP contribution in [0.4, 0.5) is 4.79 Å². The smallest absolute Gasteiger partial charge is 0.407 e. The molecule has 3 unspecified atom stereocenters. The van der Waals surface area contributed by atoms with Crippen molar-refractivity contribution in [2.24, 2.45) is 0 Å². The van der Waals surface area contributed by atoms with Gasteiger partial charge in [0.1, 0.15) is 18.8 Å². The van der Waals surface area contributed by atoms with Crippen molar-refractivity contribution in [2.75, 3.05) is 61.7 Å². The molecule has 0 aliphatic heterocycles. The summed E-state index contributed by atoms with van der Waals surface area (Å²) in [5.74, 6) is -0.279. The molecule has 1 amide bonds. The Labute approximate surface area is 200 Å². The fraction of sp³-hybridized carbons (Fsp3) is 0.917. The Bertz CT molecular complexity index is 491. The Hall–Kier alpha value is -1.42. The summed E-state index contributed by atoms with van der Waals surface area (Å²) in [6, 6.07) is 0. The summed E-state index contributed by atoms with van der Waals surface area (Å²) in [7, 11) is 8.48. The zero-order valence-electron chi connectivity index (χ0n) is 21.7. The van der Waals surface area contributed by atoms with Gasteiger partial charge in [0.05, 0.1) is 6.61 Å². The van der Waals surface area contributed by atoms with E-state index in [1.807, 2.05) is 19.0 Å². The quantitative estimate of drug-likeness (QED) is 0.199. The normalized spacial score (nSPS) is 14.0. The predicted molar refractivity (Wildman–Crippen MR) is 128 cm³/mol. The predicted octanol–water partition coefficient (Wildman–Crippen LogP) is 3.39. The van der Waals surface area contributed by atoms with Crippen LogP contribution >= 0.6 is 0 Å². The number of esters is 1. The van der Waals surface area contributed by atoms with Gasteiger partial charge in [0.2, 0.25) is 0 Å². The Balaban J connectivity index is 4.64. The molecule has 196 valence electrons. The molecule has 1 N–H and O–H groups in total. The highest BCUT2D eigenvalue weighted by molar-refractivity contribution is 5.69. The van der Waals surface area contributed by atoms with E-state index in [-0.39, 0.29) is 19.2 Å². The van der Waals surface area contributed by atoms with Gasteiger partial charge < -0.3 is 33.9 Å². The largest absolute Gasteiger partial charge is 0.463 e. The van der Waals surface area contributed by atoms with Crippen molar-refractivity contribution < 1.29 is 33.3 Å². The molecule has 9 heteroatoms. The summed E-state index contributed by atoms with van der Waals surface area (Å²) in [5, 5.41) is 2.74. The van der Waals surface area contributed by atoms with Crippen LogP contribution in [-0.4, -0.2) is 97.0 Å². The summed E-state index contributed by atoms with van der Waals surface area (Å²) in [6.45, 7) is 3.69. The van der Waals surface area contributed by atoms with E-state index in [0.717, 1.165) is 32.2 Å². The lowest BCUT2D eigenvalue weighted by Crippen LogP contribution is -2.49. The maximum atomic E-state index is 12.3. The highest BCUT2D eigenvalue weighted by Gasteiger charge is 2.34. The van der Waals surface area contributed by atoms with Crippen LogP contribution in [0.1, 0.15) is 64.7 Å². The molecule has 0 fully saturated rings. The molecule has 3 atom stereocenters. The van der Waals surface area contributed by atoms with Crippen LogP contribution < -0.4 is 5.32 Å². The number of unbranched alkanes of at least 4 members (excludes halogenated alkanes) is 6. The van der Waals surface area contributed by atoms with Crippen LogP contribution in [0.3, 0.4) is 0 Å². The molecule has 0 aromatic heterocycles. The number of hydrogen-bond acceptors (Lipinski definition) is 8. The third-order valence-electron chi connectivity index (χ3n) is 5.36. The second-order valence-electron chi connectivity index (χ2n) is 8.51. The van der Waals surface area contributed by atoms with Crippen molar-refractivity contribution in [3.8, 4) is 0 Å². The number of methoxy groups -OCH3 is 3. The number of nitrogens with zero attached hydrogens (tertiary/aromatic N) is 1. The lowest BCUT2D eigenvalue weighted by molar-refractivity contribution is -0.157. The molecular weight excluding hydrogens is 428 g/mol. The number of amides is 1. The fourth-order valence-corrected chi connectivity index (χ4v) is 3.37. The van der Waals surface area contributed by atoms with Gasteiger partial charge in [-0.1, -0.05) is 45.4 Å². The third-order valence-corrected chi connectivity index (χ3v) is 5.36. The zero-order chi connectivity index (χ0) is 24.9. The number of carbonyl (C=O) groups is 2. The average Bonchev–Trinajstić information content (AvgIpc) is 2.79. The highest BCUT2D eigenvalue weighted by atomic mass is 16.6. The van der Waals surface area contributed by atoms with Gasteiger partial charge in [0.25, 0.3) is 0 Å². The first kappa shape index (κ1) is 31.6. The van der Waals surface area contributed by atoms with E-state index in [4.69, 9.17) is 23.7 Å². The minimum Gasteiger partial charge on any atom is -0.463 e. The molecule has 0 aliphatic carbocycles. The van der Waals surface area contributed by atoms with Crippen LogP contribution in [-0.2, 0) is 28.5 Å². The van der Waals surface area contributed by atoms with Crippen molar-refractivity contribution in [1.29, 1.82) is 0 Å². The maximum Gasteiger partial charge on any atom is 0.407 e. The van der Waals surface area contributed by atoms with E-state index in [2.05, 4.69) is 12.2 Å². The van der Waals surface area contributed by atoms with Gasteiger partial charge in [0, 0.05) is 34.3 Å². The van der Waals surface area contributed by atoms with Gasteiger partial charge >= 0.3 is 12.1 Å². The first-order valence-corrected chi connectivity index (χ1v) is 12.2. The van der Waals surface area contributed by atoms with E-state index in [1.165, 1.54) is 47.0 Å². The molecule has 0 aromatic rings. The van der Waals surface area contributed by atoms with Crippen molar-refractivity contribution in [2.45, 2.75) is 83.0 Å². The second kappa shape index (κ2) is 21.1. The van der Waals surface area contributed by atoms with E-state index >= 15 is 0 Å². The Kier molecular flexibility index (Phi) is 20.2. The number of carbonyl (C=O) groups excluding carboxylic acids is 2. The van der Waals surface area contributed by atoms with Gasteiger partial charge in [-0.05, 0) is 33.5 Å². The van der Waals surface area contributed by atoms with Gasteiger partial charge in [-0.15, -0.1) is 0 Å². The molecule has 0 saturated heterocycles. The van der Waals surface area contributed by atoms with Gasteiger partial charge in [-0.3, -0.25) is 4.79 Å². The SMILES string of the molecule is CCCCCCCCCC(=O)OCC(OC)C(OC(=O)NCCCN(C)C)C(COC)OC. The molecular formula is C24H48N2O7. The minimum atomic E-state index is -0.805. The Morgan fingerprint density at radius 2 is 1.45 bits per heavy atom. The Morgan fingerprint density at radius 3 is 2.03 bits per heavy atom. The van der Waals surface area contributed by atoms with Crippen molar-refractivity contribution in [3.63, 3.8) is 0 Å². The monoisotopic (exact) mass is 476 g/mol. The number of hydrogen-bond donors (Lipinski definition) is 1. The van der Waals surface area contributed by atoms with Crippen LogP contribution in [0, 0.1) is 0 Å². The van der Waals surface area contributed by atoms with Crippen LogP contribution in [0.5, 0.6) is 0 Å². The van der Waals surface area contributed by atoms with E-state index < -0.39 is 24.4 Å². The second-order valence-corrected chi connectivity index (χ2v) is 8.51. The number of rotatable bonds is 21. The van der Waals surface area contributed by atoms with Crippen LogP contribution in [0.15, 0.2) is 0 Å². The summed E-state index contributed by atoms with van der Waals surface area (Å²) in [6.07, 6.45) is 6.45. The topological polar surface area (TPSA) is 95.6 Å². The van der Waals surface area contributed by atoms with E-state index in [0.29, 0.717) is 13.0 Å². The number of nitrogens with one attached hydrogen (secondary N) is 1. The van der Waals surface area contributed by atoms with E-state index in [1.54, 1.807) is 0 Å². The van der Waals surface area contributed by atoms with Gasteiger partial charge in [-0.25, -0.2) is 4.79 Å². The molecule has 0 rings (SSSR count). The fourth-order valence-electron chi connectivity index (χ4n) is 3.37. The Morgan fingerprint density at radius 1 is 0.848 bits per heavy atom. The lowest BCUT2D eigenvalue weighted by atomic mass is 10.1. The third kappa shape index (κ3) is 16.8. The highest BCUT2D eigenvalue weighted by Crippen LogP contribution is 2.14. The molecule has 0 saturated carbocycles. The van der Waals surface area contributed by atoms with E-state index in [9.17, 15) is 9.59 Å². The van der Waals surface area contributed by atoms with Crippen molar-refractivity contribution in [3.05, 3.63) is 0 Å². The summed E-state index contributed by atoms with van der Waals surface area (Å²) in [5.41, 5.74) is 0. The zero-order valence-corrected chi connectivity index (χ0v) is 21.7. The molecule has 0 bridgehead atoms. The molecule has 33 heavy (non-hydrogen) atoms. The number of alkyl carbamates (subject to hydrolysis) is 1. The summed E-state index contributed by atoms with van der Waals surface area (Å²) in [4.78, 5) is 26.6. The average molecular weight is 477 g/mol. The van der Waals surface area contributed by atoms with Crippen LogP contribution in [0.25, 0.3) is 0 Å². The molecule has 9 nitrogen and oxygen atoms in total. The lowest BCUT2D eigenvalue weighted by Gasteiger charge is -2.31. The molecule has 0 aromatic carbocycles. The first-order chi connectivity index (χ1) is 15.9. The molecule has 0 heterocycles.